The molecule has 0 spiro atoms. The third kappa shape index (κ3) is 5.34. The highest BCUT2D eigenvalue weighted by atomic mass is 35.5. The first-order valence-electron chi connectivity index (χ1n) is 10.0. The van der Waals surface area contributed by atoms with Crippen molar-refractivity contribution in [2.75, 3.05) is 26.2 Å². The van der Waals surface area contributed by atoms with E-state index in [1.807, 2.05) is 12.3 Å². The van der Waals surface area contributed by atoms with E-state index in [1.54, 1.807) is 6.07 Å². The number of aromatic amines is 1. The second-order valence-electron chi connectivity index (χ2n) is 7.66. The van der Waals surface area contributed by atoms with Crippen LogP contribution in [0.15, 0.2) is 54.7 Å². The van der Waals surface area contributed by atoms with E-state index in [9.17, 15) is 4.39 Å². The van der Waals surface area contributed by atoms with Crippen molar-refractivity contribution in [3.63, 3.8) is 0 Å². The lowest BCUT2D eigenvalue weighted by Crippen LogP contribution is -2.38. The minimum Gasteiger partial charge on any atom is -0.361 e. The van der Waals surface area contributed by atoms with Gasteiger partial charge in [0.05, 0.1) is 0 Å². The third-order valence-electron chi connectivity index (χ3n) is 5.74. The number of nitrogens with zero attached hydrogens (tertiary/aromatic N) is 1. The maximum atomic E-state index is 13.5. The molecule has 2 aromatic carbocycles. The van der Waals surface area contributed by atoms with Gasteiger partial charge in [0.1, 0.15) is 5.82 Å². The van der Waals surface area contributed by atoms with Crippen molar-refractivity contribution in [3.8, 4) is 0 Å². The maximum Gasteiger partial charge on any atom is 0.123 e. The predicted molar refractivity (Wildman–Crippen MR) is 117 cm³/mol. The molecule has 3 aromatic rings. The zero-order valence-electron chi connectivity index (χ0n) is 16.2. The fourth-order valence-corrected chi connectivity index (χ4v) is 4.07. The number of fused-ring (bicyclic) bond motifs is 1. The van der Waals surface area contributed by atoms with E-state index < -0.39 is 0 Å². The van der Waals surface area contributed by atoms with E-state index in [-0.39, 0.29) is 18.2 Å². The summed E-state index contributed by atoms with van der Waals surface area (Å²) in [4.78, 5) is 5.80. The minimum absolute atomic E-state index is 0. The van der Waals surface area contributed by atoms with Crippen LogP contribution in [-0.4, -0.2) is 36.1 Å². The molecule has 1 aliphatic heterocycles. The fraction of sp³-hybridized carbons (Fsp3) is 0.391. The number of likely N-dealkylation sites (tertiary alicyclic amines) is 1. The molecule has 0 atom stereocenters. The maximum absolute atomic E-state index is 13.5. The third-order valence-corrected chi connectivity index (χ3v) is 5.74. The average molecular weight is 402 g/mol. The van der Waals surface area contributed by atoms with Gasteiger partial charge in [-0.3, -0.25) is 0 Å². The Labute approximate surface area is 172 Å². The number of halogens is 2. The van der Waals surface area contributed by atoms with Gasteiger partial charge in [0.2, 0.25) is 0 Å². The molecular weight excluding hydrogens is 373 g/mol. The van der Waals surface area contributed by atoms with Crippen LogP contribution in [0.5, 0.6) is 0 Å². The molecule has 4 rings (SSSR count). The summed E-state index contributed by atoms with van der Waals surface area (Å²) in [6.45, 7) is 5.43. The van der Waals surface area contributed by atoms with Gasteiger partial charge < -0.3 is 15.2 Å². The highest BCUT2D eigenvalue weighted by molar-refractivity contribution is 5.85. The molecule has 1 fully saturated rings. The number of aromatic nitrogens is 1. The topological polar surface area (TPSA) is 31.1 Å². The Morgan fingerprint density at radius 1 is 1.07 bits per heavy atom. The van der Waals surface area contributed by atoms with Crippen LogP contribution in [0.4, 0.5) is 4.39 Å². The SMILES string of the molecule is Cl.Fc1ccc2[nH]cc(CCN3CCC(CNCc4ccccc4)CC3)c2c1. The van der Waals surface area contributed by atoms with Gasteiger partial charge in [-0.25, -0.2) is 4.39 Å². The van der Waals surface area contributed by atoms with Crippen molar-refractivity contribution in [3.05, 3.63) is 71.7 Å². The molecule has 1 saturated heterocycles. The molecule has 0 saturated carbocycles. The normalized spacial score (nSPS) is 15.6. The zero-order valence-corrected chi connectivity index (χ0v) is 17.0. The van der Waals surface area contributed by atoms with Gasteiger partial charge in [0.15, 0.2) is 0 Å². The number of nitrogens with one attached hydrogen (secondary N) is 2. The summed E-state index contributed by atoms with van der Waals surface area (Å²) >= 11 is 0. The van der Waals surface area contributed by atoms with Gasteiger partial charge in [-0.2, -0.15) is 0 Å². The summed E-state index contributed by atoms with van der Waals surface area (Å²) in [5.41, 5.74) is 3.59. The summed E-state index contributed by atoms with van der Waals surface area (Å²) in [5.74, 6) is 0.610. The molecule has 0 aliphatic carbocycles. The first-order chi connectivity index (χ1) is 13.3. The van der Waals surface area contributed by atoms with Crippen molar-refractivity contribution in [1.29, 1.82) is 0 Å². The first-order valence-corrected chi connectivity index (χ1v) is 10.0. The molecule has 1 aliphatic rings. The summed E-state index contributed by atoms with van der Waals surface area (Å²) in [6.07, 6.45) is 5.51. The Balaban J connectivity index is 0.00000225. The number of piperidine rings is 1. The quantitative estimate of drug-likeness (QED) is 0.597. The number of benzene rings is 2. The second kappa shape index (κ2) is 10.1. The molecule has 1 aromatic heterocycles. The molecule has 0 radical (unpaired) electrons. The Hall–Kier alpha value is -1.88. The molecule has 0 amide bonds. The number of rotatable bonds is 7. The van der Waals surface area contributed by atoms with Crippen LogP contribution in [0.2, 0.25) is 0 Å². The van der Waals surface area contributed by atoms with E-state index in [2.05, 4.69) is 45.5 Å². The van der Waals surface area contributed by atoms with Crippen LogP contribution < -0.4 is 5.32 Å². The number of H-pyrrole nitrogens is 1. The van der Waals surface area contributed by atoms with E-state index in [0.29, 0.717) is 0 Å². The minimum atomic E-state index is -0.160. The highest BCUT2D eigenvalue weighted by Gasteiger charge is 2.19. The molecule has 150 valence electrons. The molecule has 5 heteroatoms. The Bertz CT molecular complexity index is 857. The molecule has 3 nitrogen and oxygen atoms in total. The molecular formula is C23H29ClFN3. The van der Waals surface area contributed by atoms with Crippen LogP contribution in [0.25, 0.3) is 10.9 Å². The fourth-order valence-electron chi connectivity index (χ4n) is 4.07. The van der Waals surface area contributed by atoms with Gasteiger partial charge in [-0.15, -0.1) is 12.4 Å². The van der Waals surface area contributed by atoms with Crippen LogP contribution in [0.1, 0.15) is 24.0 Å². The van der Waals surface area contributed by atoms with Gasteiger partial charge in [-0.05, 0) is 74.1 Å². The molecule has 0 bridgehead atoms. The Morgan fingerprint density at radius 3 is 2.64 bits per heavy atom. The summed E-state index contributed by atoms with van der Waals surface area (Å²) in [6, 6.07) is 15.6. The monoisotopic (exact) mass is 401 g/mol. The van der Waals surface area contributed by atoms with E-state index >= 15 is 0 Å². The van der Waals surface area contributed by atoms with Gasteiger partial charge >= 0.3 is 0 Å². The smallest absolute Gasteiger partial charge is 0.123 e. The molecule has 2 heterocycles. The van der Waals surface area contributed by atoms with Crippen molar-refractivity contribution in [2.24, 2.45) is 5.92 Å². The molecule has 28 heavy (non-hydrogen) atoms. The largest absolute Gasteiger partial charge is 0.361 e. The lowest BCUT2D eigenvalue weighted by Gasteiger charge is -2.32. The van der Waals surface area contributed by atoms with Crippen molar-refractivity contribution < 1.29 is 4.39 Å². The van der Waals surface area contributed by atoms with Crippen LogP contribution in [0, 0.1) is 11.7 Å². The zero-order chi connectivity index (χ0) is 18.5. The van der Waals surface area contributed by atoms with E-state index in [0.717, 1.165) is 56.0 Å². The molecule has 2 N–H and O–H groups in total. The van der Waals surface area contributed by atoms with Gasteiger partial charge in [-0.1, -0.05) is 30.3 Å². The average Bonchev–Trinajstić information content (AvgIpc) is 3.10. The standard InChI is InChI=1S/C23H28FN3.ClH/c24-21-6-7-23-22(14-21)20(17-26-23)10-13-27-11-8-19(9-12-27)16-25-15-18-4-2-1-3-5-18;/h1-7,14,17,19,25-26H,8-13,15-16H2;1H. The summed E-state index contributed by atoms with van der Waals surface area (Å²) in [5, 5.41) is 4.63. The van der Waals surface area contributed by atoms with Crippen molar-refractivity contribution in [2.45, 2.75) is 25.8 Å². The van der Waals surface area contributed by atoms with Gasteiger partial charge in [0, 0.05) is 30.2 Å². The predicted octanol–water partition coefficient (Wildman–Crippen LogP) is 4.77. The summed E-state index contributed by atoms with van der Waals surface area (Å²) < 4.78 is 13.5. The van der Waals surface area contributed by atoms with Crippen LogP contribution >= 0.6 is 12.4 Å². The molecule has 0 unspecified atom stereocenters. The number of hydrogen-bond donors (Lipinski definition) is 2. The van der Waals surface area contributed by atoms with Crippen molar-refractivity contribution >= 4 is 23.3 Å². The van der Waals surface area contributed by atoms with Gasteiger partial charge in [0.25, 0.3) is 0 Å². The van der Waals surface area contributed by atoms with E-state index in [4.69, 9.17) is 0 Å². The van der Waals surface area contributed by atoms with Crippen LogP contribution in [-0.2, 0) is 13.0 Å². The Morgan fingerprint density at radius 2 is 1.86 bits per heavy atom. The van der Waals surface area contributed by atoms with Crippen molar-refractivity contribution in [1.82, 2.24) is 15.2 Å². The lowest BCUT2D eigenvalue weighted by atomic mass is 9.96. The van der Waals surface area contributed by atoms with Crippen LogP contribution in [0.3, 0.4) is 0 Å². The van der Waals surface area contributed by atoms with E-state index in [1.165, 1.54) is 30.0 Å². The second-order valence-corrected chi connectivity index (χ2v) is 7.66. The Kier molecular flexibility index (Phi) is 7.49. The number of hydrogen-bond acceptors (Lipinski definition) is 2. The first kappa shape index (κ1) is 20.8. The lowest BCUT2D eigenvalue weighted by molar-refractivity contribution is 0.184. The summed E-state index contributed by atoms with van der Waals surface area (Å²) in [7, 11) is 0. The highest BCUT2D eigenvalue weighted by Crippen LogP contribution is 2.21.